The highest BCUT2D eigenvalue weighted by molar-refractivity contribution is 5.75. The van der Waals surface area contributed by atoms with E-state index in [0.29, 0.717) is 17.3 Å². The van der Waals surface area contributed by atoms with Crippen molar-refractivity contribution in [1.29, 1.82) is 0 Å². The van der Waals surface area contributed by atoms with Crippen molar-refractivity contribution in [2.45, 2.75) is 12.8 Å². The highest BCUT2D eigenvalue weighted by Crippen LogP contribution is 2.33. The minimum absolute atomic E-state index is 0.643. The maximum atomic E-state index is 5.84. The molecule has 0 radical (unpaired) electrons. The summed E-state index contributed by atoms with van der Waals surface area (Å²) in [5, 5.41) is 3.37. The normalized spacial score (nSPS) is 12.9. The van der Waals surface area contributed by atoms with E-state index in [-0.39, 0.29) is 0 Å². The summed E-state index contributed by atoms with van der Waals surface area (Å²) in [5.41, 5.74) is 4.65. The quantitative estimate of drug-likeness (QED) is 0.531. The fourth-order valence-electron chi connectivity index (χ4n) is 3.70. The molecule has 7 heteroatoms. The van der Waals surface area contributed by atoms with Crippen LogP contribution in [-0.4, -0.2) is 35.2 Å². The van der Waals surface area contributed by atoms with Crippen molar-refractivity contribution < 1.29 is 14.2 Å². The van der Waals surface area contributed by atoms with E-state index < -0.39 is 0 Å². The van der Waals surface area contributed by atoms with Gasteiger partial charge in [0.15, 0.2) is 23.0 Å². The van der Waals surface area contributed by atoms with Gasteiger partial charge in [0.2, 0.25) is 0 Å². The van der Waals surface area contributed by atoms with Gasteiger partial charge in [-0.2, -0.15) is 0 Å². The zero-order valence-electron chi connectivity index (χ0n) is 16.9. The van der Waals surface area contributed by atoms with Gasteiger partial charge in [0.25, 0.3) is 0 Å². The van der Waals surface area contributed by atoms with Gasteiger partial charge in [0, 0.05) is 35.9 Å². The summed E-state index contributed by atoms with van der Waals surface area (Å²) in [6.45, 7) is 0.760. The van der Waals surface area contributed by atoms with E-state index in [2.05, 4.69) is 28.5 Å². The topological polar surface area (TPSA) is 69.9 Å². The summed E-state index contributed by atoms with van der Waals surface area (Å²) in [5.74, 6) is 2.92. The van der Waals surface area contributed by atoms with Gasteiger partial charge < -0.3 is 23.9 Å². The lowest BCUT2D eigenvalue weighted by Gasteiger charge is -2.18. The van der Waals surface area contributed by atoms with Crippen molar-refractivity contribution in [1.82, 2.24) is 14.4 Å². The van der Waals surface area contributed by atoms with E-state index in [1.165, 1.54) is 5.56 Å². The Morgan fingerprint density at radius 2 is 1.97 bits per heavy atom. The number of imidazole rings is 1. The molecule has 0 saturated heterocycles. The molecule has 152 valence electrons. The Hall–Kier alpha value is -3.74. The third-order valence-corrected chi connectivity index (χ3v) is 5.23. The number of fused-ring (bicyclic) bond motifs is 2. The number of hydrogen-bond acceptors (Lipinski definition) is 6. The van der Waals surface area contributed by atoms with E-state index in [0.717, 1.165) is 47.8 Å². The van der Waals surface area contributed by atoms with Gasteiger partial charge in [-0.1, -0.05) is 12.1 Å². The lowest BCUT2D eigenvalue weighted by Crippen LogP contribution is -2.08. The van der Waals surface area contributed by atoms with Crippen LogP contribution in [0.4, 0.5) is 11.5 Å². The number of methoxy groups -OCH3 is 2. The molecule has 1 aliphatic heterocycles. The second-order valence-electron chi connectivity index (χ2n) is 7.10. The first-order chi connectivity index (χ1) is 14.7. The molecule has 0 amide bonds. The second-order valence-corrected chi connectivity index (χ2v) is 7.10. The van der Waals surface area contributed by atoms with Crippen LogP contribution in [0.1, 0.15) is 12.0 Å². The van der Waals surface area contributed by atoms with Crippen molar-refractivity contribution in [2.75, 3.05) is 26.1 Å². The molecule has 1 N–H and O–H groups in total. The molecular formula is C23H22N4O3. The number of benzene rings is 2. The van der Waals surface area contributed by atoms with Crippen LogP contribution in [0.25, 0.3) is 16.9 Å². The molecule has 2 aromatic carbocycles. The predicted octanol–water partition coefficient (Wildman–Crippen LogP) is 4.48. The lowest BCUT2D eigenvalue weighted by molar-refractivity contribution is 0.288. The standard InChI is InChI=1S/C23H22N4O3/c1-28-19-8-7-17(13-21(19)29-2)25-22-23-24-9-10-27(23)14-18(26-22)16-6-5-15-4-3-11-30-20(15)12-16/h5-10,12-14H,3-4,11H2,1-2H3,(H,25,26). The molecular weight excluding hydrogens is 380 g/mol. The molecule has 5 rings (SSSR count). The molecule has 0 aliphatic carbocycles. The molecule has 1 aliphatic rings. The molecule has 30 heavy (non-hydrogen) atoms. The summed E-state index contributed by atoms with van der Waals surface area (Å²) in [7, 11) is 3.23. The van der Waals surface area contributed by atoms with Crippen LogP contribution < -0.4 is 19.5 Å². The first-order valence-corrected chi connectivity index (χ1v) is 9.84. The van der Waals surface area contributed by atoms with Crippen LogP contribution in [0.3, 0.4) is 0 Å². The first-order valence-electron chi connectivity index (χ1n) is 9.84. The number of nitrogens with one attached hydrogen (secondary N) is 1. The van der Waals surface area contributed by atoms with Gasteiger partial charge >= 0.3 is 0 Å². The van der Waals surface area contributed by atoms with Crippen LogP contribution in [0, 0.1) is 0 Å². The summed E-state index contributed by atoms with van der Waals surface area (Å²) in [4.78, 5) is 9.32. The number of anilines is 2. The monoisotopic (exact) mass is 402 g/mol. The van der Waals surface area contributed by atoms with Gasteiger partial charge in [-0.25, -0.2) is 9.97 Å². The van der Waals surface area contributed by atoms with Crippen LogP contribution >= 0.6 is 0 Å². The largest absolute Gasteiger partial charge is 0.493 e. The molecule has 0 atom stereocenters. The smallest absolute Gasteiger partial charge is 0.180 e. The Balaban J connectivity index is 1.55. The summed E-state index contributed by atoms with van der Waals surface area (Å²) in [6.07, 6.45) is 7.76. The number of ether oxygens (including phenoxy) is 3. The number of hydrogen-bond donors (Lipinski definition) is 1. The molecule has 0 saturated carbocycles. The Labute approximate surface area is 174 Å². The third-order valence-electron chi connectivity index (χ3n) is 5.23. The molecule has 0 unspecified atom stereocenters. The van der Waals surface area contributed by atoms with Crippen LogP contribution in [0.5, 0.6) is 17.2 Å². The third kappa shape index (κ3) is 3.28. The summed E-state index contributed by atoms with van der Waals surface area (Å²) < 4.78 is 18.5. The maximum absolute atomic E-state index is 5.84. The van der Waals surface area contributed by atoms with E-state index >= 15 is 0 Å². The van der Waals surface area contributed by atoms with Gasteiger partial charge in [0.1, 0.15) is 5.75 Å². The number of aryl methyl sites for hydroxylation is 1. The summed E-state index contributed by atoms with van der Waals surface area (Å²) >= 11 is 0. The average Bonchev–Trinajstić information content (AvgIpc) is 3.27. The van der Waals surface area contributed by atoms with E-state index in [9.17, 15) is 0 Å². The fraction of sp³-hybridized carbons (Fsp3) is 0.217. The van der Waals surface area contributed by atoms with Crippen molar-refractivity contribution in [3.63, 3.8) is 0 Å². The van der Waals surface area contributed by atoms with Gasteiger partial charge in [0.05, 0.1) is 26.5 Å². The molecule has 0 spiro atoms. The van der Waals surface area contributed by atoms with E-state index in [1.807, 2.05) is 35.0 Å². The summed E-state index contributed by atoms with van der Waals surface area (Å²) in [6, 6.07) is 11.9. The van der Waals surface area contributed by atoms with E-state index in [4.69, 9.17) is 19.2 Å². The zero-order valence-corrected chi connectivity index (χ0v) is 16.9. The lowest BCUT2D eigenvalue weighted by atomic mass is 10.0. The van der Waals surface area contributed by atoms with Crippen molar-refractivity contribution in [3.8, 4) is 28.5 Å². The molecule has 3 heterocycles. The van der Waals surface area contributed by atoms with Crippen molar-refractivity contribution in [3.05, 3.63) is 60.6 Å². The van der Waals surface area contributed by atoms with E-state index in [1.54, 1.807) is 20.4 Å². The van der Waals surface area contributed by atoms with Crippen LogP contribution in [0.2, 0.25) is 0 Å². The van der Waals surface area contributed by atoms with Crippen LogP contribution in [0.15, 0.2) is 55.0 Å². The first kappa shape index (κ1) is 18.3. The molecule has 4 aromatic rings. The minimum Gasteiger partial charge on any atom is -0.493 e. The van der Waals surface area contributed by atoms with Crippen molar-refractivity contribution in [2.24, 2.45) is 0 Å². The molecule has 7 nitrogen and oxygen atoms in total. The predicted molar refractivity (Wildman–Crippen MR) is 115 cm³/mol. The van der Waals surface area contributed by atoms with Crippen molar-refractivity contribution >= 4 is 17.2 Å². The Bertz CT molecular complexity index is 1220. The maximum Gasteiger partial charge on any atom is 0.180 e. The number of rotatable bonds is 5. The van der Waals surface area contributed by atoms with Gasteiger partial charge in [-0.05, 0) is 36.6 Å². The number of aromatic nitrogens is 3. The SMILES string of the molecule is COc1ccc(Nc2nc(-c3ccc4c(c3)OCCC4)cn3ccnc23)cc1OC. The molecule has 0 fully saturated rings. The minimum atomic E-state index is 0.643. The highest BCUT2D eigenvalue weighted by atomic mass is 16.5. The number of nitrogens with zero attached hydrogens (tertiary/aromatic N) is 3. The Morgan fingerprint density at radius 1 is 1.07 bits per heavy atom. The Kier molecular flexibility index (Phi) is 4.63. The van der Waals surface area contributed by atoms with Gasteiger partial charge in [-0.3, -0.25) is 0 Å². The Morgan fingerprint density at radius 3 is 2.83 bits per heavy atom. The molecule has 0 bridgehead atoms. The van der Waals surface area contributed by atoms with Gasteiger partial charge in [-0.15, -0.1) is 0 Å². The molecule has 2 aromatic heterocycles. The van der Waals surface area contributed by atoms with Crippen LogP contribution in [-0.2, 0) is 6.42 Å². The highest BCUT2D eigenvalue weighted by Gasteiger charge is 2.15. The fourth-order valence-corrected chi connectivity index (χ4v) is 3.70. The zero-order chi connectivity index (χ0) is 20.5. The average molecular weight is 402 g/mol. The second kappa shape index (κ2) is 7.59.